The van der Waals surface area contributed by atoms with Gasteiger partial charge in [0.1, 0.15) is 5.54 Å². The third-order valence-electron chi connectivity index (χ3n) is 2.54. The van der Waals surface area contributed by atoms with Crippen LogP contribution in [0.15, 0.2) is 29.2 Å². The van der Waals surface area contributed by atoms with Crippen LogP contribution in [0.1, 0.15) is 27.2 Å². The van der Waals surface area contributed by atoms with Gasteiger partial charge in [-0.05, 0) is 51.5 Å². The fourth-order valence-electron chi connectivity index (χ4n) is 1.70. The van der Waals surface area contributed by atoms with Crippen molar-refractivity contribution in [1.82, 2.24) is 5.32 Å². The van der Waals surface area contributed by atoms with E-state index in [1.54, 1.807) is 11.8 Å². The van der Waals surface area contributed by atoms with Gasteiger partial charge in [-0.25, -0.2) is 0 Å². The zero-order valence-electron chi connectivity index (χ0n) is 11.0. The van der Waals surface area contributed by atoms with Crippen molar-refractivity contribution in [2.45, 2.75) is 43.7 Å². The van der Waals surface area contributed by atoms with E-state index in [0.29, 0.717) is 6.04 Å². The Balaban J connectivity index is 2.45. The van der Waals surface area contributed by atoms with Gasteiger partial charge in [0.05, 0.1) is 6.07 Å². The van der Waals surface area contributed by atoms with Crippen molar-refractivity contribution in [2.75, 3.05) is 5.75 Å². The van der Waals surface area contributed by atoms with Crippen LogP contribution in [-0.4, -0.2) is 17.3 Å². The van der Waals surface area contributed by atoms with Crippen molar-refractivity contribution < 1.29 is 0 Å². The zero-order valence-corrected chi connectivity index (χ0v) is 12.6. The first-order chi connectivity index (χ1) is 8.45. The van der Waals surface area contributed by atoms with Crippen LogP contribution in [0.4, 0.5) is 0 Å². The molecule has 0 spiro atoms. The first-order valence-electron chi connectivity index (χ1n) is 6.02. The molecule has 0 saturated carbocycles. The molecule has 18 heavy (non-hydrogen) atoms. The van der Waals surface area contributed by atoms with Gasteiger partial charge < -0.3 is 0 Å². The Kier molecular flexibility index (Phi) is 6.01. The molecular formula is C14H19ClN2S. The van der Waals surface area contributed by atoms with Crippen LogP contribution >= 0.6 is 23.4 Å². The second kappa shape index (κ2) is 7.04. The summed E-state index contributed by atoms with van der Waals surface area (Å²) < 4.78 is 0. The third-order valence-corrected chi connectivity index (χ3v) is 3.80. The standard InChI is InChI=1S/C14H19ClN2S/c1-11(2)17-14(3,10-16)8-9-18-13-6-4-12(15)5-7-13/h4-7,11,17H,8-9H2,1-3H3. The number of thioether (sulfide) groups is 1. The van der Waals surface area contributed by atoms with Gasteiger partial charge in [0, 0.05) is 21.7 Å². The number of nitrogens with one attached hydrogen (secondary N) is 1. The number of hydrogen-bond acceptors (Lipinski definition) is 3. The first kappa shape index (κ1) is 15.4. The van der Waals surface area contributed by atoms with E-state index in [2.05, 4.69) is 25.2 Å². The van der Waals surface area contributed by atoms with Crippen molar-refractivity contribution in [3.05, 3.63) is 29.3 Å². The molecule has 0 aliphatic rings. The summed E-state index contributed by atoms with van der Waals surface area (Å²) in [5, 5.41) is 13.3. The number of rotatable bonds is 6. The van der Waals surface area contributed by atoms with E-state index in [0.717, 1.165) is 17.2 Å². The molecule has 98 valence electrons. The summed E-state index contributed by atoms with van der Waals surface area (Å²) in [6.07, 6.45) is 0.814. The predicted octanol–water partition coefficient (Wildman–Crippen LogP) is 4.10. The second-order valence-electron chi connectivity index (χ2n) is 4.80. The van der Waals surface area contributed by atoms with Crippen molar-refractivity contribution in [3.8, 4) is 6.07 Å². The van der Waals surface area contributed by atoms with Crippen molar-refractivity contribution >= 4 is 23.4 Å². The first-order valence-corrected chi connectivity index (χ1v) is 7.39. The van der Waals surface area contributed by atoms with Gasteiger partial charge in [0.2, 0.25) is 0 Å². The maximum absolute atomic E-state index is 9.23. The van der Waals surface area contributed by atoms with E-state index >= 15 is 0 Å². The minimum Gasteiger partial charge on any atom is -0.297 e. The van der Waals surface area contributed by atoms with Gasteiger partial charge >= 0.3 is 0 Å². The Morgan fingerprint density at radius 2 is 2.00 bits per heavy atom. The summed E-state index contributed by atoms with van der Waals surface area (Å²) in [4.78, 5) is 1.18. The van der Waals surface area contributed by atoms with Crippen molar-refractivity contribution in [2.24, 2.45) is 0 Å². The van der Waals surface area contributed by atoms with Crippen LogP contribution in [0, 0.1) is 11.3 Å². The summed E-state index contributed by atoms with van der Waals surface area (Å²) in [6, 6.07) is 10.5. The van der Waals surface area contributed by atoms with Crippen LogP contribution in [0.3, 0.4) is 0 Å². The summed E-state index contributed by atoms with van der Waals surface area (Å²) in [5.74, 6) is 0.908. The summed E-state index contributed by atoms with van der Waals surface area (Å²) >= 11 is 7.58. The van der Waals surface area contributed by atoms with Gasteiger partial charge in [0.25, 0.3) is 0 Å². The Morgan fingerprint density at radius 1 is 1.39 bits per heavy atom. The molecule has 1 rings (SSSR count). The molecule has 0 aromatic heterocycles. The van der Waals surface area contributed by atoms with Crippen molar-refractivity contribution in [1.29, 1.82) is 5.26 Å². The second-order valence-corrected chi connectivity index (χ2v) is 6.40. The van der Waals surface area contributed by atoms with Gasteiger partial charge in [-0.2, -0.15) is 5.26 Å². The Morgan fingerprint density at radius 3 is 2.50 bits per heavy atom. The lowest BCUT2D eigenvalue weighted by atomic mass is 10.0. The van der Waals surface area contributed by atoms with E-state index in [9.17, 15) is 5.26 Å². The summed E-state index contributed by atoms with van der Waals surface area (Å²) in [5.41, 5.74) is -0.451. The highest BCUT2D eigenvalue weighted by atomic mass is 35.5. The Hall–Kier alpha value is -0.690. The summed E-state index contributed by atoms with van der Waals surface area (Å²) in [6.45, 7) is 6.07. The fraction of sp³-hybridized carbons (Fsp3) is 0.500. The largest absolute Gasteiger partial charge is 0.297 e. The lowest BCUT2D eigenvalue weighted by molar-refractivity contribution is 0.397. The quantitative estimate of drug-likeness (QED) is 0.798. The van der Waals surface area contributed by atoms with Crippen LogP contribution in [0.25, 0.3) is 0 Å². The monoisotopic (exact) mass is 282 g/mol. The minimum absolute atomic E-state index is 0.315. The third kappa shape index (κ3) is 5.30. The molecule has 1 N–H and O–H groups in total. The molecule has 4 heteroatoms. The molecule has 0 bridgehead atoms. The number of hydrogen-bond donors (Lipinski definition) is 1. The van der Waals surface area contributed by atoms with E-state index in [-0.39, 0.29) is 0 Å². The van der Waals surface area contributed by atoms with Crippen LogP contribution in [-0.2, 0) is 0 Å². The molecule has 1 aromatic carbocycles. The highest BCUT2D eigenvalue weighted by Gasteiger charge is 2.23. The van der Waals surface area contributed by atoms with Crippen molar-refractivity contribution in [3.63, 3.8) is 0 Å². The van der Waals surface area contributed by atoms with Crippen LogP contribution < -0.4 is 5.32 Å². The molecule has 0 radical (unpaired) electrons. The topological polar surface area (TPSA) is 35.8 Å². The smallest absolute Gasteiger partial charge is 0.104 e. The maximum Gasteiger partial charge on any atom is 0.104 e. The lowest BCUT2D eigenvalue weighted by Gasteiger charge is -2.25. The van der Waals surface area contributed by atoms with Gasteiger partial charge in [-0.1, -0.05) is 11.6 Å². The van der Waals surface area contributed by atoms with Crippen LogP contribution in [0.2, 0.25) is 5.02 Å². The highest BCUT2D eigenvalue weighted by molar-refractivity contribution is 7.99. The average molecular weight is 283 g/mol. The predicted molar refractivity (Wildman–Crippen MR) is 79.1 cm³/mol. The zero-order chi connectivity index (χ0) is 13.6. The molecule has 0 aliphatic heterocycles. The molecule has 1 unspecified atom stereocenters. The molecule has 0 heterocycles. The molecule has 0 saturated heterocycles. The van der Waals surface area contributed by atoms with Gasteiger partial charge in [-0.15, -0.1) is 11.8 Å². The van der Waals surface area contributed by atoms with E-state index in [1.807, 2.05) is 31.2 Å². The number of halogens is 1. The molecule has 0 amide bonds. The van der Waals surface area contributed by atoms with E-state index < -0.39 is 5.54 Å². The maximum atomic E-state index is 9.23. The van der Waals surface area contributed by atoms with Gasteiger partial charge in [0.15, 0.2) is 0 Å². The lowest BCUT2D eigenvalue weighted by Crippen LogP contribution is -2.45. The highest BCUT2D eigenvalue weighted by Crippen LogP contribution is 2.23. The van der Waals surface area contributed by atoms with E-state index in [1.165, 1.54) is 4.90 Å². The Bertz CT molecular complexity index is 411. The molecule has 1 aromatic rings. The fourth-order valence-corrected chi connectivity index (χ4v) is 2.90. The summed E-state index contributed by atoms with van der Waals surface area (Å²) in [7, 11) is 0. The SMILES string of the molecule is CC(C)NC(C)(C#N)CCSc1ccc(Cl)cc1. The molecule has 0 aliphatic carbocycles. The number of nitrogens with zero attached hydrogens (tertiary/aromatic N) is 1. The minimum atomic E-state index is -0.451. The van der Waals surface area contributed by atoms with Crippen LogP contribution in [0.5, 0.6) is 0 Å². The normalized spacial score (nSPS) is 14.2. The molecule has 2 nitrogen and oxygen atoms in total. The molecule has 0 fully saturated rings. The van der Waals surface area contributed by atoms with E-state index in [4.69, 9.17) is 11.6 Å². The average Bonchev–Trinajstić information content (AvgIpc) is 2.31. The number of nitriles is 1. The van der Waals surface area contributed by atoms with Gasteiger partial charge in [-0.3, -0.25) is 5.32 Å². The molecular weight excluding hydrogens is 264 g/mol. The molecule has 1 atom stereocenters. The Labute approximate surface area is 119 Å². The number of benzene rings is 1.